The monoisotopic (exact) mass is 656 g/mol. The fraction of sp³-hybridized carbons (Fsp3) is 0.130. The van der Waals surface area contributed by atoms with Crippen molar-refractivity contribution in [1.82, 2.24) is 0 Å². The number of rotatable bonds is 8. The second kappa shape index (κ2) is 12.6. The van der Waals surface area contributed by atoms with E-state index in [0.717, 1.165) is 44.9 Å². The average Bonchev–Trinajstić information content (AvgIpc) is 3.13. The van der Waals surface area contributed by atoms with Crippen LogP contribution >= 0.6 is 0 Å². The number of benzene rings is 8. The number of nitrogens with zero attached hydrogens (tertiary/aromatic N) is 2. The second-order valence-electron chi connectivity index (χ2n) is 13.6. The number of anilines is 6. The molecular weight excluding hydrogens is 619 g/mol. The molecule has 8 aromatic carbocycles. The smallest absolute Gasteiger partial charge is 0.123 e. The van der Waals surface area contributed by atoms with Crippen molar-refractivity contribution < 1.29 is 8.78 Å². The van der Waals surface area contributed by atoms with E-state index in [0.29, 0.717) is 0 Å². The molecule has 0 heterocycles. The predicted octanol–water partition coefficient (Wildman–Crippen LogP) is 14.0. The topological polar surface area (TPSA) is 6.48 Å². The molecule has 8 aromatic rings. The fourth-order valence-electron chi connectivity index (χ4n) is 7.52. The molecule has 8 rings (SSSR count). The summed E-state index contributed by atoms with van der Waals surface area (Å²) in [5.41, 5.74) is 8.36. The van der Waals surface area contributed by atoms with E-state index in [4.69, 9.17) is 0 Å². The van der Waals surface area contributed by atoms with Gasteiger partial charge < -0.3 is 9.80 Å². The molecule has 50 heavy (non-hydrogen) atoms. The Hall–Kier alpha value is -5.74. The van der Waals surface area contributed by atoms with E-state index in [1.165, 1.54) is 56.9 Å². The van der Waals surface area contributed by atoms with Crippen molar-refractivity contribution in [3.63, 3.8) is 0 Å². The van der Waals surface area contributed by atoms with Crippen LogP contribution < -0.4 is 9.80 Å². The number of para-hydroxylation sites is 2. The molecule has 0 atom stereocenters. The minimum Gasteiger partial charge on any atom is -0.310 e. The second-order valence-corrected chi connectivity index (χ2v) is 13.6. The molecule has 0 fully saturated rings. The highest BCUT2D eigenvalue weighted by molar-refractivity contribution is 6.29. The van der Waals surface area contributed by atoms with Crippen molar-refractivity contribution in [3.05, 3.63) is 168 Å². The molecule has 0 aromatic heterocycles. The first kappa shape index (κ1) is 31.5. The third-order valence-corrected chi connectivity index (χ3v) is 9.84. The Kier molecular flexibility index (Phi) is 7.95. The molecule has 0 saturated carbocycles. The summed E-state index contributed by atoms with van der Waals surface area (Å²) < 4.78 is 28.6. The average molecular weight is 657 g/mol. The van der Waals surface area contributed by atoms with Gasteiger partial charge in [0.15, 0.2) is 0 Å². The molecule has 0 unspecified atom stereocenters. The molecule has 0 radical (unpaired) electrons. The molecule has 0 saturated heterocycles. The minimum atomic E-state index is -0.266. The van der Waals surface area contributed by atoms with Gasteiger partial charge in [-0.3, -0.25) is 0 Å². The number of hydrogen-bond donors (Lipinski definition) is 0. The lowest BCUT2D eigenvalue weighted by molar-refractivity contribution is 0.627. The third-order valence-electron chi connectivity index (χ3n) is 9.84. The molecule has 246 valence electrons. The van der Waals surface area contributed by atoms with E-state index < -0.39 is 0 Å². The number of halogens is 2. The lowest BCUT2D eigenvalue weighted by atomic mass is 9.84. The summed E-state index contributed by atoms with van der Waals surface area (Å²) in [6.07, 6.45) is 0. The normalized spacial score (nSPS) is 11.8. The van der Waals surface area contributed by atoms with Crippen molar-refractivity contribution in [2.45, 2.75) is 39.5 Å². The van der Waals surface area contributed by atoms with Crippen LogP contribution in [0.15, 0.2) is 146 Å². The molecule has 0 spiro atoms. The third kappa shape index (κ3) is 5.32. The maximum absolute atomic E-state index is 14.3. The lowest BCUT2D eigenvalue weighted by Crippen LogP contribution is -2.13. The van der Waals surface area contributed by atoms with Gasteiger partial charge in [-0.25, -0.2) is 8.78 Å². The summed E-state index contributed by atoms with van der Waals surface area (Å²) >= 11 is 0. The van der Waals surface area contributed by atoms with Gasteiger partial charge >= 0.3 is 0 Å². The van der Waals surface area contributed by atoms with Crippen molar-refractivity contribution >= 4 is 66.4 Å². The lowest BCUT2D eigenvalue weighted by Gasteiger charge is -2.31. The first-order chi connectivity index (χ1) is 24.3. The van der Waals surface area contributed by atoms with Crippen molar-refractivity contribution in [1.29, 1.82) is 0 Å². The van der Waals surface area contributed by atoms with Gasteiger partial charge in [0, 0.05) is 33.5 Å². The maximum Gasteiger partial charge on any atom is 0.123 e. The van der Waals surface area contributed by atoms with Crippen LogP contribution in [-0.2, 0) is 0 Å². The van der Waals surface area contributed by atoms with Crippen LogP contribution in [0.3, 0.4) is 0 Å². The van der Waals surface area contributed by atoms with Crippen molar-refractivity contribution in [2.75, 3.05) is 9.80 Å². The molecule has 0 aliphatic rings. The molecule has 0 amide bonds. The van der Waals surface area contributed by atoms with Gasteiger partial charge in [0.1, 0.15) is 11.6 Å². The molecule has 0 bridgehead atoms. The Balaban J connectivity index is 1.51. The summed E-state index contributed by atoms with van der Waals surface area (Å²) in [6.45, 7) is 8.99. The summed E-state index contributed by atoms with van der Waals surface area (Å²) in [5.74, 6) is -0.0442. The van der Waals surface area contributed by atoms with E-state index in [-0.39, 0.29) is 23.5 Å². The van der Waals surface area contributed by atoms with E-state index in [1.807, 2.05) is 60.7 Å². The fourth-order valence-corrected chi connectivity index (χ4v) is 7.52. The first-order valence-electron chi connectivity index (χ1n) is 17.3. The quantitative estimate of drug-likeness (QED) is 0.150. The number of hydrogen-bond acceptors (Lipinski definition) is 2. The SMILES string of the molecule is CC(C)c1cc(N(c2ccccc2)c2ccc(F)cc2)c2ccc3c(C(C)C)cc(N(c4ccccc4)c4ccc(F)cc4)c4ccc1c2c34. The highest BCUT2D eigenvalue weighted by atomic mass is 19.1. The Morgan fingerprint density at radius 3 is 1.04 bits per heavy atom. The van der Waals surface area contributed by atoms with Crippen LogP contribution in [0.1, 0.15) is 50.7 Å². The first-order valence-corrected chi connectivity index (χ1v) is 17.3. The molecule has 2 nitrogen and oxygen atoms in total. The van der Waals surface area contributed by atoms with Crippen molar-refractivity contribution in [3.8, 4) is 0 Å². The predicted molar refractivity (Wildman–Crippen MR) is 208 cm³/mol. The van der Waals surface area contributed by atoms with Gasteiger partial charge in [0.05, 0.1) is 11.4 Å². The van der Waals surface area contributed by atoms with Crippen LogP contribution in [0.4, 0.5) is 42.9 Å². The van der Waals surface area contributed by atoms with Gasteiger partial charge in [0.2, 0.25) is 0 Å². The summed E-state index contributed by atoms with van der Waals surface area (Å²) in [5, 5.41) is 7.11. The molecular formula is C46H38F2N2. The zero-order valence-electron chi connectivity index (χ0n) is 28.7. The van der Waals surface area contributed by atoms with Crippen LogP contribution in [0, 0.1) is 11.6 Å². The Labute approximate surface area is 292 Å². The summed E-state index contributed by atoms with van der Waals surface area (Å²) in [4.78, 5) is 4.49. The molecule has 0 aliphatic carbocycles. The molecule has 0 N–H and O–H groups in total. The Morgan fingerprint density at radius 2 is 0.700 bits per heavy atom. The minimum absolute atomic E-state index is 0.244. The van der Waals surface area contributed by atoms with E-state index in [2.05, 4.69) is 98.2 Å². The van der Waals surface area contributed by atoms with E-state index in [1.54, 1.807) is 0 Å². The zero-order valence-corrected chi connectivity index (χ0v) is 28.7. The zero-order chi connectivity index (χ0) is 34.5. The highest BCUT2D eigenvalue weighted by Gasteiger charge is 2.25. The molecule has 4 heteroatoms. The summed E-state index contributed by atoms with van der Waals surface area (Å²) in [7, 11) is 0. The maximum atomic E-state index is 14.3. The van der Waals surface area contributed by atoms with Crippen LogP contribution in [0.25, 0.3) is 32.3 Å². The standard InChI is InChI=1S/C46H38F2N2/c1-29(2)41-27-43(49(33-11-7-5-8-12-33)35-19-15-31(47)16-20-35)39-26-24-38-42(30(3)4)28-44(40-25-23-37(41)45(39)46(38)40)50(34-13-9-6-10-14-34)36-21-17-32(48)18-22-36/h5-30H,1-4H3. The van der Waals surface area contributed by atoms with Crippen molar-refractivity contribution in [2.24, 2.45) is 0 Å². The van der Waals surface area contributed by atoms with Crippen LogP contribution in [-0.4, -0.2) is 0 Å². The van der Waals surface area contributed by atoms with Crippen LogP contribution in [0.5, 0.6) is 0 Å². The van der Waals surface area contributed by atoms with Gasteiger partial charge in [-0.2, -0.15) is 0 Å². The van der Waals surface area contributed by atoms with Gasteiger partial charge in [-0.1, -0.05) is 88.4 Å². The largest absolute Gasteiger partial charge is 0.310 e. The van der Waals surface area contributed by atoms with E-state index in [9.17, 15) is 8.78 Å². The summed E-state index contributed by atoms with van der Waals surface area (Å²) in [6, 6.07) is 47.9. The highest BCUT2D eigenvalue weighted by Crippen LogP contribution is 2.50. The van der Waals surface area contributed by atoms with Crippen LogP contribution in [0.2, 0.25) is 0 Å². The van der Waals surface area contributed by atoms with E-state index >= 15 is 0 Å². The Morgan fingerprint density at radius 1 is 0.380 bits per heavy atom. The van der Waals surface area contributed by atoms with Gasteiger partial charge in [-0.05, 0) is 129 Å². The van der Waals surface area contributed by atoms with Gasteiger partial charge in [-0.15, -0.1) is 0 Å². The Bertz CT molecular complexity index is 2260. The van der Waals surface area contributed by atoms with Gasteiger partial charge in [0.25, 0.3) is 0 Å². The molecule has 0 aliphatic heterocycles.